The van der Waals surface area contributed by atoms with E-state index in [0.717, 1.165) is 19.3 Å². The van der Waals surface area contributed by atoms with Crippen molar-refractivity contribution >= 4 is 5.69 Å². The molecule has 0 fully saturated rings. The number of hydrogen-bond donors (Lipinski definition) is 1. The maximum absolute atomic E-state index is 3.50. The Morgan fingerprint density at radius 2 is 2.12 bits per heavy atom. The van der Waals surface area contributed by atoms with E-state index in [2.05, 4.69) is 66.9 Å². The van der Waals surface area contributed by atoms with E-state index >= 15 is 0 Å². The van der Waals surface area contributed by atoms with Gasteiger partial charge in [-0.05, 0) is 43.9 Å². The molecule has 0 radical (unpaired) electrons. The first-order valence-corrected chi connectivity index (χ1v) is 6.23. The average Bonchev–Trinajstić information content (AvgIpc) is 2.39. The van der Waals surface area contributed by atoms with Gasteiger partial charge in [0.2, 0.25) is 0 Å². The number of rotatable bonds is 4. The van der Waals surface area contributed by atoms with Crippen molar-refractivity contribution in [3.8, 4) is 0 Å². The second-order valence-electron chi connectivity index (χ2n) is 4.19. The largest absolute Gasteiger partial charge is 0.356 e. The van der Waals surface area contributed by atoms with Crippen LogP contribution in [-0.2, 0) is 6.42 Å². The minimum absolute atomic E-state index is 0.983. The van der Waals surface area contributed by atoms with Gasteiger partial charge < -0.3 is 5.32 Å². The van der Waals surface area contributed by atoms with Gasteiger partial charge in [0.05, 0.1) is 0 Å². The van der Waals surface area contributed by atoms with Crippen molar-refractivity contribution in [2.75, 3.05) is 5.32 Å². The highest BCUT2D eigenvalue weighted by molar-refractivity contribution is 5.57. The van der Waals surface area contributed by atoms with Gasteiger partial charge in [0.15, 0.2) is 0 Å². The fourth-order valence-corrected chi connectivity index (χ4v) is 1.93. The minimum Gasteiger partial charge on any atom is -0.356 e. The summed E-state index contributed by atoms with van der Waals surface area (Å²) in [6, 6.07) is 8.49. The standard InChI is InChI=1S/C16H19N/c1-2-3-9-14-10-7-8-13-16(14)17-15-11-5-4-6-12-15/h2-3,5,7-8,10-13,17H,4,6,9H2,1H3/b3-2-. The first-order valence-electron chi connectivity index (χ1n) is 6.23. The van der Waals surface area contributed by atoms with Crippen LogP contribution in [0.25, 0.3) is 0 Å². The minimum atomic E-state index is 0.983. The van der Waals surface area contributed by atoms with Crippen molar-refractivity contribution in [1.82, 2.24) is 0 Å². The molecule has 17 heavy (non-hydrogen) atoms. The van der Waals surface area contributed by atoms with Crippen molar-refractivity contribution in [1.29, 1.82) is 0 Å². The molecule has 1 aromatic carbocycles. The van der Waals surface area contributed by atoms with Crippen molar-refractivity contribution in [2.24, 2.45) is 0 Å². The van der Waals surface area contributed by atoms with Crippen LogP contribution in [0.3, 0.4) is 0 Å². The Balaban J connectivity index is 2.14. The number of hydrogen-bond acceptors (Lipinski definition) is 1. The molecular formula is C16H19N. The molecule has 1 aromatic rings. The molecule has 0 saturated carbocycles. The van der Waals surface area contributed by atoms with E-state index in [4.69, 9.17) is 0 Å². The Morgan fingerprint density at radius 1 is 1.24 bits per heavy atom. The van der Waals surface area contributed by atoms with Crippen LogP contribution in [-0.4, -0.2) is 0 Å². The third-order valence-electron chi connectivity index (χ3n) is 2.86. The van der Waals surface area contributed by atoms with Gasteiger partial charge >= 0.3 is 0 Å². The predicted octanol–water partition coefficient (Wildman–Crippen LogP) is 4.45. The van der Waals surface area contributed by atoms with E-state index in [1.165, 1.54) is 16.9 Å². The molecule has 1 nitrogen and oxygen atoms in total. The number of benzene rings is 1. The monoisotopic (exact) mass is 225 g/mol. The van der Waals surface area contributed by atoms with E-state index in [-0.39, 0.29) is 0 Å². The molecule has 0 amide bonds. The Morgan fingerprint density at radius 3 is 2.88 bits per heavy atom. The molecular weight excluding hydrogens is 206 g/mol. The molecule has 88 valence electrons. The summed E-state index contributed by atoms with van der Waals surface area (Å²) in [4.78, 5) is 0. The molecule has 1 aliphatic rings. The maximum Gasteiger partial charge on any atom is 0.0419 e. The molecule has 0 saturated heterocycles. The summed E-state index contributed by atoms with van der Waals surface area (Å²) in [6.45, 7) is 2.06. The second-order valence-corrected chi connectivity index (χ2v) is 4.19. The van der Waals surface area contributed by atoms with E-state index < -0.39 is 0 Å². The zero-order valence-electron chi connectivity index (χ0n) is 10.3. The van der Waals surface area contributed by atoms with Crippen molar-refractivity contribution < 1.29 is 0 Å². The second kappa shape index (κ2) is 6.09. The normalized spacial score (nSPS) is 15.0. The van der Waals surface area contributed by atoms with Crippen LogP contribution < -0.4 is 5.32 Å². The topological polar surface area (TPSA) is 12.0 Å². The highest BCUT2D eigenvalue weighted by Crippen LogP contribution is 2.20. The number of allylic oxidation sites excluding steroid dienone is 5. The van der Waals surface area contributed by atoms with Crippen molar-refractivity contribution in [2.45, 2.75) is 26.2 Å². The Labute approximate surface area is 104 Å². The van der Waals surface area contributed by atoms with Crippen LogP contribution in [0.15, 0.2) is 60.3 Å². The van der Waals surface area contributed by atoms with E-state index in [1.54, 1.807) is 0 Å². The van der Waals surface area contributed by atoms with E-state index in [0.29, 0.717) is 0 Å². The van der Waals surface area contributed by atoms with Crippen LogP contribution in [0.5, 0.6) is 0 Å². The quantitative estimate of drug-likeness (QED) is 0.746. The van der Waals surface area contributed by atoms with Crippen molar-refractivity contribution in [3.63, 3.8) is 0 Å². The third-order valence-corrected chi connectivity index (χ3v) is 2.86. The van der Waals surface area contributed by atoms with Gasteiger partial charge in [-0.15, -0.1) is 0 Å². The molecule has 0 heterocycles. The van der Waals surface area contributed by atoms with Gasteiger partial charge in [-0.1, -0.05) is 42.5 Å². The SMILES string of the molecule is C/C=C\Cc1ccccc1NC1=CCCC=C1. The van der Waals surface area contributed by atoms with Gasteiger partial charge in [-0.25, -0.2) is 0 Å². The highest BCUT2D eigenvalue weighted by atomic mass is 14.9. The Hall–Kier alpha value is -1.76. The lowest BCUT2D eigenvalue weighted by Crippen LogP contribution is -2.01. The summed E-state index contributed by atoms with van der Waals surface area (Å²) in [5, 5.41) is 3.50. The fourth-order valence-electron chi connectivity index (χ4n) is 1.93. The molecule has 0 atom stereocenters. The summed E-state index contributed by atoms with van der Waals surface area (Å²) < 4.78 is 0. The molecule has 0 aliphatic heterocycles. The van der Waals surface area contributed by atoms with Gasteiger partial charge in [-0.2, -0.15) is 0 Å². The van der Waals surface area contributed by atoms with Crippen LogP contribution in [0.4, 0.5) is 5.69 Å². The third kappa shape index (κ3) is 3.35. The lowest BCUT2D eigenvalue weighted by atomic mass is 10.1. The first kappa shape index (κ1) is 11.7. The van der Waals surface area contributed by atoms with E-state index in [1.807, 2.05) is 0 Å². The smallest absolute Gasteiger partial charge is 0.0419 e. The van der Waals surface area contributed by atoms with E-state index in [9.17, 15) is 0 Å². The summed E-state index contributed by atoms with van der Waals surface area (Å²) in [5.74, 6) is 0. The molecule has 1 aliphatic carbocycles. The maximum atomic E-state index is 3.50. The highest BCUT2D eigenvalue weighted by Gasteiger charge is 2.02. The number of anilines is 1. The number of para-hydroxylation sites is 1. The Kier molecular flexibility index (Phi) is 4.20. The summed E-state index contributed by atoms with van der Waals surface area (Å²) in [7, 11) is 0. The molecule has 0 aromatic heterocycles. The lowest BCUT2D eigenvalue weighted by molar-refractivity contribution is 1.02. The number of nitrogens with one attached hydrogen (secondary N) is 1. The van der Waals surface area contributed by atoms with Crippen LogP contribution in [0, 0.1) is 0 Å². The summed E-state index contributed by atoms with van der Waals surface area (Å²) in [5.41, 5.74) is 3.76. The van der Waals surface area contributed by atoms with Gasteiger partial charge in [0.25, 0.3) is 0 Å². The molecule has 1 heteroatoms. The van der Waals surface area contributed by atoms with Crippen LogP contribution in [0.2, 0.25) is 0 Å². The zero-order valence-corrected chi connectivity index (χ0v) is 10.3. The molecule has 0 bridgehead atoms. The first-order chi connectivity index (χ1) is 8.40. The summed E-state index contributed by atoms with van der Waals surface area (Å²) in [6.07, 6.45) is 14.2. The Bertz CT molecular complexity index is 452. The van der Waals surface area contributed by atoms with Crippen molar-refractivity contribution in [3.05, 3.63) is 65.9 Å². The van der Waals surface area contributed by atoms with Crippen LogP contribution >= 0.6 is 0 Å². The molecule has 2 rings (SSSR count). The zero-order chi connectivity index (χ0) is 11.9. The van der Waals surface area contributed by atoms with Gasteiger partial charge in [-0.3, -0.25) is 0 Å². The summed E-state index contributed by atoms with van der Waals surface area (Å²) >= 11 is 0. The lowest BCUT2D eigenvalue weighted by Gasteiger charge is -2.13. The molecule has 1 N–H and O–H groups in total. The van der Waals surface area contributed by atoms with Gasteiger partial charge in [0.1, 0.15) is 0 Å². The van der Waals surface area contributed by atoms with Crippen LogP contribution in [0.1, 0.15) is 25.3 Å². The molecule has 0 spiro atoms. The fraction of sp³-hybridized carbons (Fsp3) is 0.250. The molecule has 0 unspecified atom stereocenters. The van der Waals surface area contributed by atoms with Gasteiger partial charge in [0, 0.05) is 11.4 Å². The predicted molar refractivity (Wildman–Crippen MR) is 75.0 cm³/mol. The average molecular weight is 225 g/mol.